The van der Waals surface area contributed by atoms with Crippen LogP contribution in [0.5, 0.6) is 0 Å². The topological polar surface area (TPSA) is 55.4 Å². The molecule has 0 atom stereocenters. The standard InChI is InChI=1S/C13H14BrNO3/c1-9(16)15-8-11(13(17)18-2)7-10-3-5-12(14)6-4-10/h3-7H,8H2,1-2H3,(H,15,16)/b11-7+. The third-order valence-electron chi connectivity index (χ3n) is 2.19. The van der Waals surface area contributed by atoms with Gasteiger partial charge in [0.1, 0.15) is 0 Å². The molecular weight excluding hydrogens is 298 g/mol. The zero-order valence-corrected chi connectivity index (χ0v) is 11.8. The van der Waals surface area contributed by atoms with E-state index in [0.717, 1.165) is 10.0 Å². The van der Waals surface area contributed by atoms with Crippen molar-refractivity contribution in [2.75, 3.05) is 13.7 Å². The Labute approximate surface area is 114 Å². The quantitative estimate of drug-likeness (QED) is 0.684. The second-order valence-corrected chi connectivity index (χ2v) is 4.54. The molecule has 1 N–H and O–H groups in total. The molecule has 4 nitrogen and oxygen atoms in total. The van der Waals surface area contributed by atoms with E-state index in [1.807, 2.05) is 24.3 Å². The van der Waals surface area contributed by atoms with Crippen LogP contribution in [-0.4, -0.2) is 25.5 Å². The number of ether oxygens (including phenoxy) is 1. The summed E-state index contributed by atoms with van der Waals surface area (Å²) in [6.07, 6.45) is 1.69. The van der Waals surface area contributed by atoms with E-state index >= 15 is 0 Å². The van der Waals surface area contributed by atoms with Gasteiger partial charge in [0.25, 0.3) is 0 Å². The fourth-order valence-electron chi connectivity index (χ4n) is 1.29. The summed E-state index contributed by atoms with van der Waals surface area (Å²) < 4.78 is 5.63. The van der Waals surface area contributed by atoms with Crippen molar-refractivity contribution in [1.82, 2.24) is 5.32 Å². The lowest BCUT2D eigenvalue weighted by Crippen LogP contribution is -2.25. The van der Waals surface area contributed by atoms with E-state index in [0.29, 0.717) is 5.57 Å². The number of benzene rings is 1. The Hall–Kier alpha value is -1.62. The van der Waals surface area contributed by atoms with Gasteiger partial charge in [0, 0.05) is 17.9 Å². The first-order valence-electron chi connectivity index (χ1n) is 5.32. The van der Waals surface area contributed by atoms with Gasteiger partial charge in [-0.25, -0.2) is 4.79 Å². The third-order valence-corrected chi connectivity index (χ3v) is 2.71. The zero-order chi connectivity index (χ0) is 13.5. The lowest BCUT2D eigenvalue weighted by Gasteiger charge is -2.06. The van der Waals surface area contributed by atoms with Gasteiger partial charge in [-0.3, -0.25) is 4.79 Å². The molecule has 1 rings (SSSR count). The average molecular weight is 312 g/mol. The molecule has 0 saturated carbocycles. The van der Waals surface area contributed by atoms with Gasteiger partial charge in [-0.1, -0.05) is 28.1 Å². The monoisotopic (exact) mass is 311 g/mol. The maximum absolute atomic E-state index is 11.5. The number of carbonyl (C=O) groups is 2. The van der Waals surface area contributed by atoms with Gasteiger partial charge in [0.15, 0.2) is 0 Å². The van der Waals surface area contributed by atoms with Crippen LogP contribution >= 0.6 is 15.9 Å². The number of esters is 1. The first kappa shape index (κ1) is 14.4. The average Bonchev–Trinajstić information content (AvgIpc) is 2.35. The number of methoxy groups -OCH3 is 1. The van der Waals surface area contributed by atoms with Gasteiger partial charge in [0.05, 0.1) is 12.7 Å². The molecule has 0 unspecified atom stereocenters. The first-order chi connectivity index (χ1) is 8.52. The van der Waals surface area contributed by atoms with E-state index in [1.54, 1.807) is 6.08 Å². The number of hydrogen-bond donors (Lipinski definition) is 1. The molecule has 5 heteroatoms. The summed E-state index contributed by atoms with van der Waals surface area (Å²) in [5, 5.41) is 2.58. The van der Waals surface area contributed by atoms with Crippen LogP contribution in [0.25, 0.3) is 6.08 Å². The molecule has 1 aromatic rings. The molecule has 96 valence electrons. The number of amides is 1. The van der Waals surface area contributed by atoms with Crippen molar-refractivity contribution in [2.24, 2.45) is 0 Å². The van der Waals surface area contributed by atoms with Gasteiger partial charge < -0.3 is 10.1 Å². The highest BCUT2D eigenvalue weighted by molar-refractivity contribution is 9.10. The maximum atomic E-state index is 11.5. The van der Waals surface area contributed by atoms with Gasteiger partial charge in [-0.15, -0.1) is 0 Å². The maximum Gasteiger partial charge on any atom is 0.335 e. The Morgan fingerprint density at radius 1 is 1.33 bits per heavy atom. The summed E-state index contributed by atoms with van der Waals surface area (Å²) >= 11 is 3.33. The summed E-state index contributed by atoms with van der Waals surface area (Å²) in [6, 6.07) is 7.47. The van der Waals surface area contributed by atoms with Gasteiger partial charge >= 0.3 is 5.97 Å². The highest BCUT2D eigenvalue weighted by Gasteiger charge is 2.10. The van der Waals surface area contributed by atoms with Crippen molar-refractivity contribution in [3.05, 3.63) is 39.9 Å². The van der Waals surface area contributed by atoms with Crippen LogP contribution < -0.4 is 5.32 Å². The van der Waals surface area contributed by atoms with Crippen molar-refractivity contribution in [3.63, 3.8) is 0 Å². The molecule has 0 fully saturated rings. The molecule has 0 aliphatic carbocycles. The Bertz CT molecular complexity index is 466. The number of rotatable bonds is 4. The van der Waals surface area contributed by atoms with Crippen LogP contribution in [0.1, 0.15) is 12.5 Å². The summed E-state index contributed by atoms with van der Waals surface area (Å²) in [5.41, 5.74) is 1.26. The molecule has 1 amide bonds. The molecule has 0 aromatic heterocycles. The molecular formula is C13H14BrNO3. The van der Waals surface area contributed by atoms with Gasteiger partial charge in [-0.05, 0) is 23.8 Å². The van der Waals surface area contributed by atoms with Gasteiger partial charge in [0.2, 0.25) is 5.91 Å². The zero-order valence-electron chi connectivity index (χ0n) is 10.2. The van der Waals surface area contributed by atoms with E-state index in [1.165, 1.54) is 14.0 Å². The largest absolute Gasteiger partial charge is 0.466 e. The number of nitrogens with one attached hydrogen (secondary N) is 1. The summed E-state index contributed by atoms with van der Waals surface area (Å²) in [6.45, 7) is 1.55. The molecule has 18 heavy (non-hydrogen) atoms. The van der Waals surface area contributed by atoms with E-state index < -0.39 is 5.97 Å². The smallest absolute Gasteiger partial charge is 0.335 e. The molecule has 0 bridgehead atoms. The summed E-state index contributed by atoms with van der Waals surface area (Å²) in [7, 11) is 1.31. The molecule has 0 aliphatic rings. The first-order valence-corrected chi connectivity index (χ1v) is 6.11. The Morgan fingerprint density at radius 3 is 2.44 bits per heavy atom. The predicted octanol–water partition coefficient (Wildman–Crippen LogP) is 2.14. The van der Waals surface area contributed by atoms with Crippen molar-refractivity contribution < 1.29 is 14.3 Å². The van der Waals surface area contributed by atoms with Crippen LogP contribution in [0.4, 0.5) is 0 Å². The van der Waals surface area contributed by atoms with Crippen LogP contribution in [0.3, 0.4) is 0 Å². The second-order valence-electron chi connectivity index (χ2n) is 3.62. The van der Waals surface area contributed by atoms with E-state index in [9.17, 15) is 9.59 Å². The Morgan fingerprint density at radius 2 is 1.94 bits per heavy atom. The fraction of sp³-hybridized carbons (Fsp3) is 0.231. The van der Waals surface area contributed by atoms with Crippen LogP contribution in [-0.2, 0) is 14.3 Å². The lowest BCUT2D eigenvalue weighted by atomic mass is 10.1. The van der Waals surface area contributed by atoms with Crippen LogP contribution in [0.15, 0.2) is 34.3 Å². The molecule has 0 spiro atoms. The van der Waals surface area contributed by atoms with Crippen LogP contribution in [0, 0.1) is 0 Å². The van der Waals surface area contributed by atoms with E-state index in [2.05, 4.69) is 26.0 Å². The molecule has 0 heterocycles. The van der Waals surface area contributed by atoms with Crippen LogP contribution in [0.2, 0.25) is 0 Å². The lowest BCUT2D eigenvalue weighted by molar-refractivity contribution is -0.136. The minimum Gasteiger partial charge on any atom is -0.466 e. The van der Waals surface area contributed by atoms with E-state index in [4.69, 9.17) is 0 Å². The minimum absolute atomic E-state index is 0.151. The van der Waals surface area contributed by atoms with Crippen molar-refractivity contribution in [3.8, 4) is 0 Å². The summed E-state index contributed by atoms with van der Waals surface area (Å²) in [5.74, 6) is -0.646. The highest BCUT2D eigenvalue weighted by Crippen LogP contribution is 2.13. The summed E-state index contributed by atoms with van der Waals surface area (Å²) in [4.78, 5) is 22.4. The number of carbonyl (C=O) groups excluding carboxylic acids is 2. The van der Waals surface area contributed by atoms with Crippen molar-refractivity contribution in [2.45, 2.75) is 6.92 Å². The normalized spacial score (nSPS) is 10.9. The SMILES string of the molecule is COC(=O)/C(=C/c1ccc(Br)cc1)CNC(C)=O. The molecule has 1 aromatic carbocycles. The third kappa shape index (κ3) is 4.71. The highest BCUT2D eigenvalue weighted by atomic mass is 79.9. The van der Waals surface area contributed by atoms with Gasteiger partial charge in [-0.2, -0.15) is 0 Å². The molecule has 0 saturated heterocycles. The van der Waals surface area contributed by atoms with E-state index in [-0.39, 0.29) is 12.5 Å². The fourth-order valence-corrected chi connectivity index (χ4v) is 1.56. The number of halogens is 1. The Kier molecular flexibility index (Phi) is 5.58. The molecule has 0 aliphatic heterocycles. The molecule has 0 radical (unpaired) electrons. The van der Waals surface area contributed by atoms with Crippen molar-refractivity contribution in [1.29, 1.82) is 0 Å². The number of hydrogen-bond acceptors (Lipinski definition) is 3. The van der Waals surface area contributed by atoms with Crippen molar-refractivity contribution >= 4 is 33.9 Å². The Balaban J connectivity index is 2.90. The second kappa shape index (κ2) is 6.96. The predicted molar refractivity (Wildman–Crippen MR) is 72.8 cm³/mol. The minimum atomic E-state index is -0.452.